The number of aliphatic hydroxyl groups excluding tert-OH is 1. The van der Waals surface area contributed by atoms with E-state index in [4.69, 9.17) is 4.74 Å². The molecule has 0 spiro atoms. The third-order valence-corrected chi connectivity index (χ3v) is 4.46. The zero-order valence-electron chi connectivity index (χ0n) is 13.1. The van der Waals surface area contributed by atoms with E-state index in [2.05, 4.69) is 0 Å². The highest BCUT2D eigenvalue weighted by Gasteiger charge is 2.47. The minimum atomic E-state index is -0.891. The number of likely N-dealkylation sites (tertiary alicyclic amines) is 1. The minimum Gasteiger partial charge on any atom is -0.491 e. The number of carbonyl (C=O) groups is 2. The number of nitrogens with zero attached hydrogens (tertiary/aromatic N) is 1. The van der Waals surface area contributed by atoms with Crippen LogP contribution in [0.2, 0.25) is 0 Å². The molecule has 1 aliphatic carbocycles. The summed E-state index contributed by atoms with van der Waals surface area (Å²) < 4.78 is 5.51. The van der Waals surface area contributed by atoms with Crippen LogP contribution in [0, 0.1) is 18.8 Å². The second kappa shape index (κ2) is 6.54. The first-order chi connectivity index (χ1) is 11.1. The van der Waals surface area contributed by atoms with Crippen LogP contribution in [0.1, 0.15) is 18.4 Å². The lowest BCUT2D eigenvalue weighted by atomic mass is 9.85. The largest absolute Gasteiger partial charge is 0.491 e. The van der Waals surface area contributed by atoms with Crippen molar-refractivity contribution in [2.24, 2.45) is 11.8 Å². The predicted octanol–water partition coefficient (Wildman–Crippen LogP) is 1.69. The number of β-amino-alcohol motifs (C(OH)–C–C–N with tert-alkyl or cyclic N) is 1. The number of ether oxygens (including phenoxy) is 1. The van der Waals surface area contributed by atoms with Crippen LogP contribution < -0.4 is 4.74 Å². The Morgan fingerprint density at radius 1 is 1.13 bits per heavy atom. The van der Waals surface area contributed by atoms with Crippen LogP contribution in [-0.4, -0.2) is 41.1 Å². The van der Waals surface area contributed by atoms with Crippen molar-refractivity contribution in [3.63, 3.8) is 0 Å². The van der Waals surface area contributed by atoms with Crippen LogP contribution in [0.5, 0.6) is 5.75 Å². The van der Waals surface area contributed by atoms with Gasteiger partial charge >= 0.3 is 0 Å². The van der Waals surface area contributed by atoms with Crippen molar-refractivity contribution in [2.45, 2.75) is 25.9 Å². The number of imide groups is 1. The van der Waals surface area contributed by atoms with E-state index in [1.54, 1.807) is 0 Å². The third kappa shape index (κ3) is 3.29. The van der Waals surface area contributed by atoms with Crippen molar-refractivity contribution in [1.82, 2.24) is 4.90 Å². The summed E-state index contributed by atoms with van der Waals surface area (Å²) >= 11 is 0. The molecule has 3 unspecified atom stereocenters. The molecule has 3 rings (SSSR count). The number of aryl methyl sites for hydroxylation is 1. The van der Waals surface area contributed by atoms with Crippen molar-refractivity contribution in [2.75, 3.05) is 13.2 Å². The van der Waals surface area contributed by atoms with Crippen LogP contribution in [0.25, 0.3) is 0 Å². The molecule has 5 heteroatoms. The van der Waals surface area contributed by atoms with Crippen LogP contribution in [-0.2, 0) is 9.59 Å². The summed E-state index contributed by atoms with van der Waals surface area (Å²) in [5.74, 6) is -0.181. The van der Waals surface area contributed by atoms with Crippen molar-refractivity contribution < 1.29 is 19.4 Å². The van der Waals surface area contributed by atoms with E-state index in [0.29, 0.717) is 18.6 Å². The maximum absolute atomic E-state index is 12.3. The highest BCUT2D eigenvalue weighted by molar-refractivity contribution is 6.05. The normalized spacial score (nSPS) is 24.7. The fourth-order valence-electron chi connectivity index (χ4n) is 3.14. The van der Waals surface area contributed by atoms with E-state index in [1.165, 1.54) is 4.90 Å². The molecule has 1 aromatic carbocycles. The van der Waals surface area contributed by atoms with Crippen molar-refractivity contribution >= 4 is 11.8 Å². The molecular formula is C18H21NO4. The van der Waals surface area contributed by atoms with Gasteiger partial charge in [0.1, 0.15) is 18.5 Å². The highest BCUT2D eigenvalue weighted by atomic mass is 16.5. The van der Waals surface area contributed by atoms with Crippen molar-refractivity contribution in [3.8, 4) is 5.75 Å². The molecule has 3 atom stereocenters. The lowest BCUT2D eigenvalue weighted by Crippen LogP contribution is -2.40. The monoisotopic (exact) mass is 315 g/mol. The summed E-state index contributed by atoms with van der Waals surface area (Å²) in [6.45, 7) is 2.03. The first kappa shape index (κ1) is 15.7. The number of benzene rings is 1. The summed E-state index contributed by atoms with van der Waals surface area (Å²) in [6.07, 6.45) is 4.24. The number of hydrogen-bond donors (Lipinski definition) is 1. The van der Waals surface area contributed by atoms with Crippen LogP contribution in [0.4, 0.5) is 0 Å². The second-order valence-corrected chi connectivity index (χ2v) is 6.22. The van der Waals surface area contributed by atoms with Gasteiger partial charge in [0.2, 0.25) is 11.8 Å². The van der Waals surface area contributed by atoms with Gasteiger partial charge in [0, 0.05) is 0 Å². The Morgan fingerprint density at radius 3 is 2.26 bits per heavy atom. The van der Waals surface area contributed by atoms with Gasteiger partial charge in [-0.25, -0.2) is 0 Å². The molecule has 23 heavy (non-hydrogen) atoms. The molecule has 1 aliphatic heterocycles. The summed E-state index contributed by atoms with van der Waals surface area (Å²) in [4.78, 5) is 25.8. The lowest BCUT2D eigenvalue weighted by molar-refractivity contribution is -0.141. The van der Waals surface area contributed by atoms with Gasteiger partial charge in [0.25, 0.3) is 0 Å². The standard InChI is InChI=1S/C18H21NO4/c1-12-6-8-14(9-7-12)23-11-13(20)10-19-17(21)15-4-2-3-5-16(15)18(19)22/h2-3,6-9,13,15-16,20H,4-5,10-11H2,1H3. The maximum atomic E-state index is 12.3. The lowest BCUT2D eigenvalue weighted by Gasteiger charge is -2.19. The molecule has 1 aromatic rings. The van der Waals surface area contributed by atoms with E-state index in [9.17, 15) is 14.7 Å². The number of hydrogen-bond acceptors (Lipinski definition) is 4. The zero-order valence-corrected chi connectivity index (χ0v) is 13.1. The molecule has 2 aliphatic rings. The Balaban J connectivity index is 1.55. The molecule has 1 fully saturated rings. The number of amides is 2. The smallest absolute Gasteiger partial charge is 0.233 e. The van der Waals surface area contributed by atoms with Gasteiger partial charge in [-0.3, -0.25) is 14.5 Å². The fraction of sp³-hybridized carbons (Fsp3) is 0.444. The maximum Gasteiger partial charge on any atom is 0.233 e. The van der Waals surface area contributed by atoms with Gasteiger partial charge in [-0.1, -0.05) is 29.8 Å². The summed E-state index contributed by atoms with van der Waals surface area (Å²) in [5.41, 5.74) is 1.13. The van der Waals surface area contributed by atoms with Gasteiger partial charge in [-0.05, 0) is 31.9 Å². The molecule has 2 amide bonds. The summed E-state index contributed by atoms with van der Waals surface area (Å²) in [6, 6.07) is 7.50. The fourth-order valence-corrected chi connectivity index (χ4v) is 3.14. The third-order valence-electron chi connectivity index (χ3n) is 4.46. The molecule has 1 N–H and O–H groups in total. The second-order valence-electron chi connectivity index (χ2n) is 6.22. The van der Waals surface area contributed by atoms with Crippen LogP contribution in [0.15, 0.2) is 36.4 Å². The Kier molecular flexibility index (Phi) is 4.48. The van der Waals surface area contributed by atoms with Gasteiger partial charge in [-0.2, -0.15) is 0 Å². The van der Waals surface area contributed by atoms with Gasteiger partial charge in [0.15, 0.2) is 0 Å². The number of aliphatic hydroxyl groups is 1. The molecule has 1 saturated heterocycles. The topological polar surface area (TPSA) is 66.8 Å². The Hall–Kier alpha value is -2.14. The number of fused-ring (bicyclic) bond motifs is 1. The molecule has 122 valence electrons. The Bertz CT molecular complexity index is 596. The average Bonchev–Trinajstić information content (AvgIpc) is 2.80. The zero-order chi connectivity index (χ0) is 16.4. The number of carbonyl (C=O) groups excluding carboxylic acids is 2. The molecule has 1 heterocycles. The van der Waals surface area contributed by atoms with Crippen molar-refractivity contribution in [3.05, 3.63) is 42.0 Å². The first-order valence-corrected chi connectivity index (χ1v) is 7.94. The Morgan fingerprint density at radius 2 is 1.70 bits per heavy atom. The van der Waals surface area contributed by atoms with E-state index in [1.807, 2.05) is 43.3 Å². The van der Waals surface area contributed by atoms with E-state index < -0.39 is 6.10 Å². The highest BCUT2D eigenvalue weighted by Crippen LogP contribution is 2.35. The molecule has 5 nitrogen and oxygen atoms in total. The van der Waals surface area contributed by atoms with Gasteiger partial charge in [-0.15, -0.1) is 0 Å². The number of allylic oxidation sites excluding steroid dienone is 2. The van der Waals surface area contributed by atoms with Gasteiger partial charge < -0.3 is 9.84 Å². The van der Waals surface area contributed by atoms with E-state index in [0.717, 1.165) is 5.56 Å². The van der Waals surface area contributed by atoms with Crippen molar-refractivity contribution in [1.29, 1.82) is 0 Å². The summed E-state index contributed by atoms with van der Waals surface area (Å²) in [5, 5.41) is 10.1. The van der Waals surface area contributed by atoms with Crippen LogP contribution in [0.3, 0.4) is 0 Å². The predicted molar refractivity (Wildman–Crippen MR) is 84.8 cm³/mol. The molecule has 0 saturated carbocycles. The van der Waals surface area contributed by atoms with Gasteiger partial charge in [0.05, 0.1) is 18.4 Å². The van der Waals surface area contributed by atoms with E-state index >= 15 is 0 Å². The quantitative estimate of drug-likeness (QED) is 0.663. The van der Waals surface area contributed by atoms with Crippen LogP contribution >= 0.6 is 0 Å². The molecule has 0 radical (unpaired) electrons. The molecule has 0 aromatic heterocycles. The molecular weight excluding hydrogens is 294 g/mol. The first-order valence-electron chi connectivity index (χ1n) is 7.94. The summed E-state index contributed by atoms with van der Waals surface area (Å²) in [7, 11) is 0. The van der Waals surface area contributed by atoms with E-state index in [-0.39, 0.29) is 36.8 Å². The average molecular weight is 315 g/mol. The minimum absolute atomic E-state index is 0.00344. The number of rotatable bonds is 5. The SMILES string of the molecule is Cc1ccc(OCC(O)CN2C(=O)C3CC=CCC3C2=O)cc1. The molecule has 0 bridgehead atoms. The Labute approximate surface area is 135 Å².